The van der Waals surface area contributed by atoms with E-state index in [0.29, 0.717) is 11.1 Å². The lowest BCUT2D eigenvalue weighted by atomic mass is 10.0. The van der Waals surface area contributed by atoms with Gasteiger partial charge in [-0.25, -0.2) is 4.79 Å². The number of hydrogen-bond acceptors (Lipinski definition) is 4. The first kappa shape index (κ1) is 17.6. The molecule has 0 bridgehead atoms. The number of aryl methyl sites for hydroxylation is 1. The smallest absolute Gasteiger partial charge is 0.408 e. The molecule has 0 saturated carbocycles. The normalized spacial score (nSPS) is 12.5. The molecule has 2 aromatic carbocycles. The summed E-state index contributed by atoms with van der Waals surface area (Å²) in [6.45, 7) is 0.732. The highest BCUT2D eigenvalue weighted by Crippen LogP contribution is 2.23. The second-order valence-corrected chi connectivity index (χ2v) is 7.03. The van der Waals surface area contributed by atoms with Gasteiger partial charge in [-0.05, 0) is 48.2 Å². The van der Waals surface area contributed by atoms with Gasteiger partial charge in [-0.2, -0.15) is 5.10 Å². The molecule has 7 heteroatoms. The van der Waals surface area contributed by atoms with Gasteiger partial charge in [0.15, 0.2) is 5.58 Å². The molecule has 4 rings (SSSR count). The molecule has 0 spiro atoms. The van der Waals surface area contributed by atoms with Gasteiger partial charge in [-0.1, -0.05) is 29.8 Å². The zero-order chi connectivity index (χ0) is 18.8. The molecule has 0 aliphatic heterocycles. The highest BCUT2D eigenvalue weighted by Gasteiger charge is 2.08. The molecular formula is C20H19ClN4O2. The Morgan fingerprint density at radius 1 is 1.19 bits per heavy atom. The molecule has 4 aromatic rings. The van der Waals surface area contributed by atoms with Crippen LogP contribution in [0.25, 0.3) is 22.2 Å². The van der Waals surface area contributed by atoms with Crippen LogP contribution < -0.4 is 11.5 Å². The van der Waals surface area contributed by atoms with Gasteiger partial charge in [-0.3, -0.25) is 9.67 Å². The highest BCUT2D eigenvalue weighted by molar-refractivity contribution is 6.30. The van der Waals surface area contributed by atoms with Crippen molar-refractivity contribution in [3.63, 3.8) is 0 Å². The van der Waals surface area contributed by atoms with Gasteiger partial charge in [-0.15, -0.1) is 0 Å². The maximum Gasteiger partial charge on any atom is 0.417 e. The van der Waals surface area contributed by atoms with Gasteiger partial charge in [0.25, 0.3) is 0 Å². The predicted molar refractivity (Wildman–Crippen MR) is 106 cm³/mol. The van der Waals surface area contributed by atoms with Crippen molar-refractivity contribution in [2.45, 2.75) is 25.4 Å². The lowest BCUT2D eigenvalue weighted by molar-refractivity contribution is 0.507. The fourth-order valence-electron chi connectivity index (χ4n) is 3.08. The van der Waals surface area contributed by atoms with Crippen LogP contribution in [0.1, 0.15) is 12.0 Å². The van der Waals surface area contributed by atoms with Crippen LogP contribution in [0.2, 0.25) is 5.02 Å². The molecule has 0 amide bonds. The van der Waals surface area contributed by atoms with Crippen LogP contribution in [0.15, 0.2) is 64.1 Å². The van der Waals surface area contributed by atoms with Crippen LogP contribution in [0.5, 0.6) is 0 Å². The fourth-order valence-corrected chi connectivity index (χ4v) is 3.21. The van der Waals surface area contributed by atoms with E-state index in [2.05, 4.69) is 10.1 Å². The average Bonchev–Trinajstić information content (AvgIpc) is 3.26. The Labute approximate surface area is 160 Å². The van der Waals surface area contributed by atoms with E-state index >= 15 is 0 Å². The lowest BCUT2D eigenvalue weighted by Crippen LogP contribution is -2.24. The minimum Gasteiger partial charge on any atom is -0.408 e. The molecule has 0 radical (unpaired) electrons. The first-order valence-electron chi connectivity index (χ1n) is 8.72. The second-order valence-electron chi connectivity index (χ2n) is 6.60. The highest BCUT2D eigenvalue weighted by atomic mass is 35.5. The topological polar surface area (TPSA) is 89.8 Å². The number of halogens is 1. The standard InChI is InChI=1S/C20H19ClN4O2/c21-16-4-1-13(2-5-16)9-17(22)7-8-25-12-15(11-23-25)14-3-6-18-19(10-14)27-20(26)24-18/h1-6,10-12,17H,7-9,22H2,(H,24,26)/t17-/m1/s1. The Morgan fingerprint density at radius 2 is 2.00 bits per heavy atom. The van der Waals surface area contributed by atoms with Crippen molar-refractivity contribution in [1.29, 1.82) is 0 Å². The van der Waals surface area contributed by atoms with Crippen molar-refractivity contribution in [2.24, 2.45) is 5.73 Å². The summed E-state index contributed by atoms with van der Waals surface area (Å²) < 4.78 is 7.00. The van der Waals surface area contributed by atoms with Crippen LogP contribution in [0, 0.1) is 0 Å². The van der Waals surface area contributed by atoms with Crippen molar-refractivity contribution in [3.8, 4) is 11.1 Å². The molecule has 2 aromatic heterocycles. The molecule has 6 nitrogen and oxygen atoms in total. The Balaban J connectivity index is 1.39. The number of nitrogens with one attached hydrogen (secondary N) is 1. The van der Waals surface area contributed by atoms with Crippen molar-refractivity contribution < 1.29 is 4.42 Å². The Bertz CT molecular complexity index is 1110. The van der Waals surface area contributed by atoms with Crippen LogP contribution in [0.4, 0.5) is 0 Å². The monoisotopic (exact) mass is 382 g/mol. The Kier molecular flexibility index (Phi) is 4.83. The van der Waals surface area contributed by atoms with Gasteiger partial charge in [0.05, 0.1) is 11.7 Å². The van der Waals surface area contributed by atoms with Crippen molar-refractivity contribution in [2.75, 3.05) is 0 Å². The second kappa shape index (κ2) is 7.42. The van der Waals surface area contributed by atoms with Gasteiger partial charge >= 0.3 is 5.76 Å². The number of aromatic nitrogens is 3. The van der Waals surface area contributed by atoms with E-state index in [1.807, 2.05) is 53.3 Å². The third-order valence-corrected chi connectivity index (χ3v) is 4.78. The molecule has 0 fully saturated rings. The van der Waals surface area contributed by atoms with Crippen LogP contribution in [0.3, 0.4) is 0 Å². The molecular weight excluding hydrogens is 364 g/mol. The molecule has 27 heavy (non-hydrogen) atoms. The van der Waals surface area contributed by atoms with Crippen LogP contribution in [-0.2, 0) is 13.0 Å². The maximum absolute atomic E-state index is 11.3. The number of rotatable bonds is 6. The van der Waals surface area contributed by atoms with E-state index < -0.39 is 5.76 Å². The van der Waals surface area contributed by atoms with Gasteiger partial charge in [0.2, 0.25) is 0 Å². The summed E-state index contributed by atoms with van der Waals surface area (Å²) in [5.41, 5.74) is 10.6. The summed E-state index contributed by atoms with van der Waals surface area (Å²) in [4.78, 5) is 13.9. The zero-order valence-corrected chi connectivity index (χ0v) is 15.3. The van der Waals surface area contributed by atoms with Crippen molar-refractivity contribution in [3.05, 3.63) is 76.0 Å². The van der Waals surface area contributed by atoms with Crippen LogP contribution >= 0.6 is 11.6 Å². The maximum atomic E-state index is 11.3. The molecule has 3 N–H and O–H groups in total. The molecule has 138 valence electrons. The van der Waals surface area contributed by atoms with Crippen LogP contribution in [-0.4, -0.2) is 20.8 Å². The quantitative estimate of drug-likeness (QED) is 0.533. The molecule has 2 heterocycles. The number of nitrogens with two attached hydrogens (primary N) is 1. The summed E-state index contributed by atoms with van der Waals surface area (Å²) in [5, 5.41) is 5.14. The van der Waals surface area contributed by atoms with E-state index in [-0.39, 0.29) is 6.04 Å². The lowest BCUT2D eigenvalue weighted by Gasteiger charge is -2.11. The number of H-pyrrole nitrogens is 1. The summed E-state index contributed by atoms with van der Waals surface area (Å²) in [7, 11) is 0. The number of oxazole rings is 1. The number of hydrogen-bond donors (Lipinski definition) is 2. The summed E-state index contributed by atoms with van der Waals surface area (Å²) >= 11 is 5.91. The van der Waals surface area contributed by atoms with E-state index in [1.165, 1.54) is 5.56 Å². The first-order valence-corrected chi connectivity index (χ1v) is 9.10. The van der Waals surface area contributed by atoms with E-state index in [4.69, 9.17) is 21.8 Å². The van der Waals surface area contributed by atoms with E-state index in [9.17, 15) is 4.79 Å². The third-order valence-electron chi connectivity index (χ3n) is 4.53. The van der Waals surface area contributed by atoms with E-state index in [1.54, 1.807) is 6.20 Å². The minimum atomic E-state index is -0.451. The van der Waals surface area contributed by atoms with Crippen molar-refractivity contribution in [1.82, 2.24) is 14.8 Å². The largest absolute Gasteiger partial charge is 0.417 e. The number of aromatic amines is 1. The van der Waals surface area contributed by atoms with Gasteiger partial charge in [0.1, 0.15) is 0 Å². The molecule has 0 aliphatic carbocycles. The molecule has 0 unspecified atom stereocenters. The number of benzene rings is 2. The summed E-state index contributed by atoms with van der Waals surface area (Å²) in [5.74, 6) is -0.451. The molecule has 0 saturated heterocycles. The third kappa shape index (κ3) is 4.13. The predicted octanol–water partition coefficient (Wildman–Crippen LogP) is 3.60. The summed E-state index contributed by atoms with van der Waals surface area (Å²) in [6, 6.07) is 13.4. The fraction of sp³-hybridized carbons (Fsp3) is 0.200. The Hall–Kier alpha value is -2.83. The SMILES string of the molecule is N[C@H](CCn1cc(-c2ccc3[nH]c(=O)oc3c2)cn1)Cc1ccc(Cl)cc1. The molecule has 1 atom stereocenters. The van der Waals surface area contributed by atoms with Gasteiger partial charge in [0, 0.05) is 29.4 Å². The summed E-state index contributed by atoms with van der Waals surface area (Å²) in [6.07, 6.45) is 5.39. The Morgan fingerprint density at radius 3 is 2.81 bits per heavy atom. The molecule has 0 aliphatic rings. The average molecular weight is 383 g/mol. The number of fused-ring (bicyclic) bond motifs is 1. The zero-order valence-electron chi connectivity index (χ0n) is 14.6. The van der Waals surface area contributed by atoms with E-state index in [0.717, 1.165) is 35.5 Å². The van der Waals surface area contributed by atoms with Gasteiger partial charge < -0.3 is 10.2 Å². The van der Waals surface area contributed by atoms with Crippen molar-refractivity contribution >= 4 is 22.7 Å². The number of nitrogens with zero attached hydrogens (tertiary/aromatic N) is 2. The minimum absolute atomic E-state index is 0.0457. The first-order chi connectivity index (χ1) is 13.1.